The summed E-state index contributed by atoms with van der Waals surface area (Å²) in [6.45, 7) is 6.77. The van der Waals surface area contributed by atoms with Crippen LogP contribution in [0.4, 0.5) is 15.9 Å². The molecule has 0 bridgehead atoms. The summed E-state index contributed by atoms with van der Waals surface area (Å²) in [5.41, 5.74) is 2.76. The van der Waals surface area contributed by atoms with Crippen molar-refractivity contribution in [3.63, 3.8) is 0 Å². The smallest absolute Gasteiger partial charge is 0.200 e. The van der Waals surface area contributed by atoms with Crippen LogP contribution in [0.2, 0.25) is 0 Å². The molecule has 0 amide bonds. The predicted molar refractivity (Wildman–Crippen MR) is 125 cm³/mol. The second-order valence-electron chi connectivity index (χ2n) is 7.88. The Balaban J connectivity index is 1.42. The lowest BCUT2D eigenvalue weighted by molar-refractivity contribution is 0.241. The van der Waals surface area contributed by atoms with Gasteiger partial charge in [-0.05, 0) is 29.8 Å². The molecule has 1 aliphatic rings. The van der Waals surface area contributed by atoms with E-state index in [2.05, 4.69) is 35.9 Å². The van der Waals surface area contributed by atoms with Gasteiger partial charge in [-0.15, -0.1) is 5.10 Å². The minimum Gasteiger partial charge on any atom is -0.336 e. The highest BCUT2D eigenvalue weighted by Crippen LogP contribution is 2.26. The molecule has 4 aromatic rings. The van der Waals surface area contributed by atoms with Crippen molar-refractivity contribution < 1.29 is 4.39 Å². The van der Waals surface area contributed by atoms with Crippen LogP contribution in [0.3, 0.4) is 0 Å². The van der Waals surface area contributed by atoms with Crippen LogP contribution in [-0.2, 0) is 6.54 Å². The number of rotatable bonds is 8. The maximum atomic E-state index is 14.3. The predicted octanol–water partition coefficient (Wildman–Crippen LogP) is 2.06. The van der Waals surface area contributed by atoms with E-state index in [1.165, 1.54) is 6.20 Å². The first-order valence-corrected chi connectivity index (χ1v) is 11.1. The van der Waals surface area contributed by atoms with Gasteiger partial charge >= 0.3 is 0 Å². The third kappa shape index (κ3) is 4.98. The average Bonchev–Trinajstić information content (AvgIpc) is 3.28. The lowest BCUT2D eigenvalue weighted by Gasteiger charge is -2.27. The number of pyridine rings is 2. The van der Waals surface area contributed by atoms with E-state index in [-0.39, 0.29) is 0 Å². The van der Waals surface area contributed by atoms with Gasteiger partial charge in [-0.3, -0.25) is 14.9 Å². The third-order valence-corrected chi connectivity index (χ3v) is 5.64. The second kappa shape index (κ2) is 9.99. The van der Waals surface area contributed by atoms with Crippen LogP contribution in [0.5, 0.6) is 0 Å². The number of piperazine rings is 1. The van der Waals surface area contributed by atoms with Gasteiger partial charge in [0.05, 0.1) is 11.9 Å². The highest BCUT2D eigenvalue weighted by atomic mass is 19.1. The zero-order chi connectivity index (χ0) is 22.5. The monoisotopic (exact) mass is 447 g/mol. The van der Waals surface area contributed by atoms with Crippen molar-refractivity contribution in [3.8, 4) is 11.5 Å². The summed E-state index contributed by atoms with van der Waals surface area (Å²) in [5, 5.41) is 14.7. The summed E-state index contributed by atoms with van der Waals surface area (Å²) in [6, 6.07) is 9.17. The van der Waals surface area contributed by atoms with Crippen molar-refractivity contribution >= 4 is 17.0 Å². The van der Waals surface area contributed by atoms with Gasteiger partial charge in [-0.1, -0.05) is 6.07 Å². The Hall–Kier alpha value is -3.47. The van der Waals surface area contributed by atoms with Crippen LogP contribution in [0.1, 0.15) is 5.56 Å². The van der Waals surface area contributed by atoms with Gasteiger partial charge in [0.1, 0.15) is 11.2 Å². The van der Waals surface area contributed by atoms with Gasteiger partial charge in [0.25, 0.3) is 0 Å². The quantitative estimate of drug-likeness (QED) is 0.354. The van der Waals surface area contributed by atoms with Crippen molar-refractivity contribution in [1.82, 2.24) is 40.1 Å². The Kier molecular flexibility index (Phi) is 6.47. The highest BCUT2D eigenvalue weighted by molar-refractivity contribution is 5.78. The lowest BCUT2D eigenvalue weighted by atomic mass is 10.2. The summed E-state index contributed by atoms with van der Waals surface area (Å²) in [7, 11) is 0. The molecule has 0 spiro atoms. The fourth-order valence-corrected chi connectivity index (χ4v) is 3.92. The SMILES string of the molecule is Fc1cnccc1Nc1nc(-c2ccccn2)nn2ccc(CNCCN3CCNCC3)c12. The van der Waals surface area contributed by atoms with E-state index in [1.807, 2.05) is 30.5 Å². The van der Waals surface area contributed by atoms with Crippen molar-refractivity contribution in [3.05, 3.63) is 66.5 Å². The van der Waals surface area contributed by atoms with Crippen molar-refractivity contribution in [2.24, 2.45) is 0 Å². The molecule has 5 heterocycles. The minimum atomic E-state index is -0.448. The molecule has 170 valence electrons. The number of hydrogen-bond acceptors (Lipinski definition) is 8. The molecule has 0 atom stereocenters. The van der Waals surface area contributed by atoms with Gasteiger partial charge in [0.15, 0.2) is 11.6 Å². The molecule has 0 aromatic carbocycles. The summed E-state index contributed by atoms with van der Waals surface area (Å²) in [6.07, 6.45) is 6.31. The van der Waals surface area contributed by atoms with E-state index in [1.54, 1.807) is 23.0 Å². The summed E-state index contributed by atoms with van der Waals surface area (Å²) in [5.74, 6) is 0.518. The topological polar surface area (TPSA) is 95.3 Å². The molecular formula is C23H26FN9. The summed E-state index contributed by atoms with van der Waals surface area (Å²) in [4.78, 5) is 15.3. The number of anilines is 2. The number of aromatic nitrogens is 5. The Bertz CT molecular complexity index is 1210. The maximum Gasteiger partial charge on any atom is 0.200 e. The first-order chi connectivity index (χ1) is 16.3. The Morgan fingerprint density at radius 2 is 2.00 bits per heavy atom. The van der Waals surface area contributed by atoms with E-state index in [9.17, 15) is 4.39 Å². The van der Waals surface area contributed by atoms with E-state index in [4.69, 9.17) is 4.98 Å². The molecule has 1 aliphatic heterocycles. The number of hydrogen-bond donors (Lipinski definition) is 3. The van der Waals surface area contributed by atoms with Gasteiger partial charge in [-0.2, -0.15) is 0 Å². The highest BCUT2D eigenvalue weighted by Gasteiger charge is 2.16. The molecule has 33 heavy (non-hydrogen) atoms. The molecule has 9 nitrogen and oxygen atoms in total. The number of nitrogens with one attached hydrogen (secondary N) is 3. The molecule has 3 N–H and O–H groups in total. The Morgan fingerprint density at radius 3 is 2.82 bits per heavy atom. The van der Waals surface area contributed by atoms with Gasteiger partial charge in [-0.25, -0.2) is 13.9 Å². The maximum absolute atomic E-state index is 14.3. The first kappa shape index (κ1) is 21.4. The standard InChI is InChI=1S/C23H26FN9/c24-18-16-26-7-4-19(18)29-23-21-17(15-27-10-14-32-12-8-25-9-13-32)5-11-33(21)31-22(30-23)20-3-1-2-6-28-20/h1-7,11,16,25,27H,8-10,12-15H2,(H,26,29,30,31). The minimum absolute atomic E-state index is 0.302. The molecule has 1 fully saturated rings. The first-order valence-electron chi connectivity index (χ1n) is 11.1. The van der Waals surface area contributed by atoms with Crippen molar-refractivity contribution in [2.75, 3.05) is 44.6 Å². The Labute approximate surface area is 191 Å². The van der Waals surface area contributed by atoms with E-state index < -0.39 is 5.82 Å². The number of halogens is 1. The molecule has 0 saturated carbocycles. The Morgan fingerprint density at radius 1 is 1.09 bits per heavy atom. The van der Waals surface area contributed by atoms with Crippen LogP contribution in [0, 0.1) is 5.82 Å². The molecule has 0 aliphatic carbocycles. The van der Waals surface area contributed by atoms with E-state index >= 15 is 0 Å². The fourth-order valence-electron chi connectivity index (χ4n) is 3.92. The zero-order valence-electron chi connectivity index (χ0n) is 18.2. The molecule has 0 radical (unpaired) electrons. The van der Waals surface area contributed by atoms with Crippen LogP contribution in [-0.4, -0.2) is 68.7 Å². The van der Waals surface area contributed by atoms with Crippen LogP contribution in [0.15, 0.2) is 55.1 Å². The molecule has 5 rings (SSSR count). The molecule has 0 unspecified atom stereocenters. The number of nitrogens with zero attached hydrogens (tertiary/aromatic N) is 6. The molecule has 4 aromatic heterocycles. The molecular weight excluding hydrogens is 421 g/mol. The lowest BCUT2D eigenvalue weighted by Crippen LogP contribution is -2.45. The summed E-state index contributed by atoms with van der Waals surface area (Å²) < 4.78 is 16.1. The van der Waals surface area contributed by atoms with E-state index in [0.29, 0.717) is 29.6 Å². The fraction of sp³-hybridized carbons (Fsp3) is 0.304. The van der Waals surface area contributed by atoms with Crippen molar-refractivity contribution in [1.29, 1.82) is 0 Å². The second-order valence-corrected chi connectivity index (χ2v) is 7.88. The zero-order valence-corrected chi connectivity index (χ0v) is 18.2. The van der Waals surface area contributed by atoms with Crippen LogP contribution in [0.25, 0.3) is 17.0 Å². The van der Waals surface area contributed by atoms with Gasteiger partial charge in [0.2, 0.25) is 5.82 Å². The largest absolute Gasteiger partial charge is 0.336 e. The van der Waals surface area contributed by atoms with Crippen LogP contribution < -0.4 is 16.0 Å². The third-order valence-electron chi connectivity index (χ3n) is 5.64. The van der Waals surface area contributed by atoms with E-state index in [0.717, 1.165) is 50.3 Å². The molecule has 1 saturated heterocycles. The van der Waals surface area contributed by atoms with Gasteiger partial charge < -0.3 is 16.0 Å². The number of fused-ring (bicyclic) bond motifs is 1. The van der Waals surface area contributed by atoms with Crippen molar-refractivity contribution in [2.45, 2.75) is 6.54 Å². The van der Waals surface area contributed by atoms with Crippen LogP contribution >= 0.6 is 0 Å². The average molecular weight is 448 g/mol. The van der Waals surface area contributed by atoms with Gasteiger partial charge in [0, 0.05) is 64.4 Å². The molecule has 10 heteroatoms. The normalized spacial score (nSPS) is 14.6. The summed E-state index contributed by atoms with van der Waals surface area (Å²) >= 11 is 0.